The van der Waals surface area contributed by atoms with E-state index in [-0.39, 0.29) is 5.91 Å². The van der Waals surface area contributed by atoms with Gasteiger partial charge in [-0.05, 0) is 24.7 Å². The molecule has 0 aliphatic heterocycles. The predicted molar refractivity (Wildman–Crippen MR) is 65.0 cm³/mol. The largest absolute Gasteiger partial charge is 0.388 e. The number of hydrogen-bond donors (Lipinski definition) is 2. The third-order valence-electron chi connectivity index (χ3n) is 3.28. The van der Waals surface area contributed by atoms with Crippen LogP contribution >= 0.6 is 0 Å². The van der Waals surface area contributed by atoms with Gasteiger partial charge in [-0.25, -0.2) is 0 Å². The van der Waals surface area contributed by atoms with Crippen LogP contribution in [0, 0.1) is 11.8 Å². The summed E-state index contributed by atoms with van der Waals surface area (Å²) in [6, 6.07) is 0. The predicted octanol–water partition coefficient (Wildman–Crippen LogP) is 2.09. The fourth-order valence-electron chi connectivity index (χ4n) is 2.50. The van der Waals surface area contributed by atoms with E-state index in [1.54, 1.807) is 0 Å². The van der Waals surface area contributed by atoms with Crippen molar-refractivity contribution in [1.29, 1.82) is 0 Å². The van der Waals surface area contributed by atoms with E-state index in [1.165, 1.54) is 6.42 Å². The first-order chi connectivity index (χ1) is 7.41. The minimum absolute atomic E-state index is 0.0571. The van der Waals surface area contributed by atoms with Gasteiger partial charge < -0.3 is 10.4 Å². The zero-order valence-electron chi connectivity index (χ0n) is 10.8. The molecule has 3 nitrogen and oxygen atoms in total. The normalized spacial score (nSPS) is 30.4. The van der Waals surface area contributed by atoms with E-state index in [9.17, 15) is 9.90 Å². The molecule has 2 atom stereocenters. The molecule has 0 aromatic heterocycles. The van der Waals surface area contributed by atoms with Gasteiger partial charge >= 0.3 is 0 Å². The van der Waals surface area contributed by atoms with Crippen molar-refractivity contribution in [2.75, 3.05) is 6.54 Å². The van der Waals surface area contributed by atoms with E-state index in [0.717, 1.165) is 19.3 Å². The fraction of sp³-hybridized carbons (Fsp3) is 0.923. The molecule has 1 saturated carbocycles. The summed E-state index contributed by atoms with van der Waals surface area (Å²) < 4.78 is 0. The average Bonchev–Trinajstić information content (AvgIpc) is 2.13. The summed E-state index contributed by atoms with van der Waals surface area (Å²) >= 11 is 0. The van der Waals surface area contributed by atoms with Gasteiger partial charge in [0.1, 0.15) is 0 Å². The Kier molecular flexibility index (Phi) is 4.78. The van der Waals surface area contributed by atoms with Gasteiger partial charge in [0.25, 0.3) is 0 Å². The lowest BCUT2D eigenvalue weighted by atomic mass is 9.79. The highest BCUT2D eigenvalue weighted by Gasteiger charge is 2.32. The maximum absolute atomic E-state index is 11.5. The highest BCUT2D eigenvalue weighted by Crippen LogP contribution is 2.31. The summed E-state index contributed by atoms with van der Waals surface area (Å²) in [7, 11) is 0. The molecule has 1 amide bonds. The van der Waals surface area contributed by atoms with Gasteiger partial charge in [0.05, 0.1) is 5.60 Å². The molecule has 2 unspecified atom stereocenters. The Balaban J connectivity index is 2.32. The number of carbonyl (C=O) groups is 1. The minimum atomic E-state index is -0.662. The van der Waals surface area contributed by atoms with Crippen LogP contribution in [0.5, 0.6) is 0 Å². The maximum atomic E-state index is 11.5. The highest BCUT2D eigenvalue weighted by molar-refractivity contribution is 5.76. The lowest BCUT2D eigenvalue weighted by Gasteiger charge is -2.35. The van der Waals surface area contributed by atoms with Gasteiger partial charge in [-0.15, -0.1) is 0 Å². The topological polar surface area (TPSA) is 49.3 Å². The Morgan fingerprint density at radius 3 is 2.81 bits per heavy atom. The second kappa shape index (κ2) is 5.67. The Hall–Kier alpha value is -0.570. The molecule has 1 fully saturated rings. The summed E-state index contributed by atoms with van der Waals surface area (Å²) in [5, 5.41) is 13.2. The molecular weight excluding hydrogens is 202 g/mol. The van der Waals surface area contributed by atoms with Crippen molar-refractivity contribution in [3.8, 4) is 0 Å². The third kappa shape index (κ3) is 4.52. The lowest BCUT2D eigenvalue weighted by molar-refractivity contribution is -0.123. The Bertz CT molecular complexity index is 240. The van der Waals surface area contributed by atoms with Crippen LogP contribution in [0.25, 0.3) is 0 Å². The van der Waals surface area contributed by atoms with E-state index in [0.29, 0.717) is 24.8 Å². The molecule has 94 valence electrons. The van der Waals surface area contributed by atoms with Crippen molar-refractivity contribution in [3.63, 3.8) is 0 Å². The Labute approximate surface area is 98.6 Å². The van der Waals surface area contributed by atoms with Crippen LogP contribution in [-0.4, -0.2) is 23.2 Å². The number of nitrogens with one attached hydrogen (secondary N) is 1. The van der Waals surface area contributed by atoms with Crippen LogP contribution in [-0.2, 0) is 4.79 Å². The molecule has 0 aromatic rings. The molecule has 0 spiro atoms. The van der Waals surface area contributed by atoms with Crippen molar-refractivity contribution < 1.29 is 9.90 Å². The molecule has 0 bridgehead atoms. The van der Waals surface area contributed by atoms with Crippen molar-refractivity contribution in [2.24, 2.45) is 11.8 Å². The van der Waals surface area contributed by atoms with Gasteiger partial charge in [-0.1, -0.05) is 33.6 Å². The maximum Gasteiger partial charge on any atom is 0.220 e. The molecule has 2 N–H and O–H groups in total. The van der Waals surface area contributed by atoms with Crippen LogP contribution < -0.4 is 5.32 Å². The molecule has 1 aliphatic rings. The number of rotatable bonds is 4. The molecule has 0 aromatic carbocycles. The van der Waals surface area contributed by atoms with Crippen molar-refractivity contribution in [3.05, 3.63) is 0 Å². The first-order valence-electron chi connectivity index (χ1n) is 6.40. The lowest BCUT2D eigenvalue weighted by Crippen LogP contribution is -2.45. The molecular formula is C13H25NO2. The standard InChI is InChI=1S/C13H25NO2/c1-10(2)7-12(15)14-9-13(16)6-4-5-11(3)8-13/h10-11,16H,4-9H2,1-3H3,(H,14,15). The van der Waals surface area contributed by atoms with E-state index in [2.05, 4.69) is 12.2 Å². The number of carbonyl (C=O) groups excluding carboxylic acids is 1. The third-order valence-corrected chi connectivity index (χ3v) is 3.28. The van der Waals surface area contributed by atoms with Gasteiger partial charge in [0.15, 0.2) is 0 Å². The van der Waals surface area contributed by atoms with Gasteiger partial charge in [0, 0.05) is 13.0 Å². The first-order valence-corrected chi connectivity index (χ1v) is 6.40. The summed E-state index contributed by atoms with van der Waals surface area (Å²) in [5.74, 6) is 1.00. The molecule has 0 heterocycles. The number of aliphatic hydroxyl groups is 1. The highest BCUT2D eigenvalue weighted by atomic mass is 16.3. The first kappa shape index (κ1) is 13.5. The summed E-state index contributed by atoms with van der Waals surface area (Å²) in [5.41, 5.74) is -0.662. The van der Waals surface area contributed by atoms with Crippen LogP contribution in [0.15, 0.2) is 0 Å². The monoisotopic (exact) mass is 227 g/mol. The molecule has 1 rings (SSSR count). The van der Waals surface area contributed by atoms with E-state index in [4.69, 9.17) is 0 Å². The second-order valence-corrected chi connectivity index (χ2v) is 5.80. The number of hydrogen-bond acceptors (Lipinski definition) is 2. The Morgan fingerprint density at radius 2 is 2.25 bits per heavy atom. The zero-order valence-corrected chi connectivity index (χ0v) is 10.8. The molecule has 16 heavy (non-hydrogen) atoms. The van der Waals surface area contributed by atoms with E-state index < -0.39 is 5.60 Å². The molecule has 0 radical (unpaired) electrons. The van der Waals surface area contributed by atoms with Crippen molar-refractivity contribution in [2.45, 2.75) is 58.5 Å². The smallest absolute Gasteiger partial charge is 0.220 e. The quantitative estimate of drug-likeness (QED) is 0.772. The van der Waals surface area contributed by atoms with Crippen LogP contribution in [0.3, 0.4) is 0 Å². The number of amides is 1. The van der Waals surface area contributed by atoms with Crippen LogP contribution in [0.1, 0.15) is 52.9 Å². The average molecular weight is 227 g/mol. The minimum Gasteiger partial charge on any atom is -0.388 e. The van der Waals surface area contributed by atoms with Gasteiger partial charge in [-0.2, -0.15) is 0 Å². The Morgan fingerprint density at radius 1 is 1.56 bits per heavy atom. The van der Waals surface area contributed by atoms with Gasteiger partial charge in [0.2, 0.25) is 5.91 Å². The van der Waals surface area contributed by atoms with Crippen molar-refractivity contribution >= 4 is 5.91 Å². The molecule has 1 aliphatic carbocycles. The molecule has 3 heteroatoms. The summed E-state index contributed by atoms with van der Waals surface area (Å²) in [6.07, 6.45) is 4.44. The molecule has 0 saturated heterocycles. The second-order valence-electron chi connectivity index (χ2n) is 5.80. The SMILES string of the molecule is CC(C)CC(=O)NCC1(O)CCCC(C)C1. The summed E-state index contributed by atoms with van der Waals surface area (Å²) in [6.45, 7) is 6.64. The van der Waals surface area contributed by atoms with Crippen LogP contribution in [0.2, 0.25) is 0 Å². The summed E-state index contributed by atoms with van der Waals surface area (Å²) in [4.78, 5) is 11.5. The fourth-order valence-corrected chi connectivity index (χ4v) is 2.50. The van der Waals surface area contributed by atoms with E-state index >= 15 is 0 Å². The van der Waals surface area contributed by atoms with Crippen molar-refractivity contribution in [1.82, 2.24) is 5.32 Å². The van der Waals surface area contributed by atoms with Crippen LogP contribution in [0.4, 0.5) is 0 Å². The zero-order chi connectivity index (χ0) is 12.2. The van der Waals surface area contributed by atoms with Gasteiger partial charge in [-0.3, -0.25) is 4.79 Å². The van der Waals surface area contributed by atoms with E-state index in [1.807, 2.05) is 13.8 Å².